The molecule has 0 aliphatic carbocycles. The van der Waals surface area contributed by atoms with E-state index in [-0.39, 0.29) is 12.2 Å². The van der Waals surface area contributed by atoms with Crippen LogP contribution in [0.25, 0.3) is 0 Å². The number of carbonyl (C=O) groups excluding carboxylic acids is 3. The minimum atomic E-state index is -2.34. The van der Waals surface area contributed by atoms with Crippen molar-refractivity contribution in [2.24, 2.45) is 0 Å². The van der Waals surface area contributed by atoms with Crippen molar-refractivity contribution in [3.63, 3.8) is 0 Å². The lowest BCUT2D eigenvalue weighted by Crippen LogP contribution is -2.54. The van der Waals surface area contributed by atoms with Crippen LogP contribution in [0, 0.1) is 0 Å². The van der Waals surface area contributed by atoms with Crippen LogP contribution in [0.5, 0.6) is 0 Å². The number of amides is 2. The first-order chi connectivity index (χ1) is 13.8. The number of hydrogen-bond donors (Lipinski definition) is 2. The van der Waals surface area contributed by atoms with Crippen molar-refractivity contribution < 1.29 is 28.0 Å². The van der Waals surface area contributed by atoms with Gasteiger partial charge in [0.25, 0.3) is 0 Å². The van der Waals surface area contributed by atoms with Gasteiger partial charge in [-0.2, -0.15) is 11.8 Å². The summed E-state index contributed by atoms with van der Waals surface area (Å²) in [5.74, 6) is -1.65. The fourth-order valence-corrected chi connectivity index (χ4v) is 2.56. The number of rotatable bonds is 8. The first kappa shape index (κ1) is 18.2. The van der Waals surface area contributed by atoms with E-state index in [0.29, 0.717) is 11.8 Å². The molecule has 0 aliphatic rings. The lowest BCUT2D eigenvalue weighted by atomic mass is 10.1. The molecule has 8 heteroatoms. The van der Waals surface area contributed by atoms with Crippen molar-refractivity contribution in [2.45, 2.75) is 44.9 Å². The molecule has 0 saturated heterocycles. The van der Waals surface area contributed by atoms with Gasteiger partial charge in [0, 0.05) is 16.3 Å². The summed E-state index contributed by atoms with van der Waals surface area (Å²) in [6.07, 6.45) is -2.98. The number of esters is 1. The van der Waals surface area contributed by atoms with Gasteiger partial charge in [-0.25, -0.2) is 9.59 Å². The van der Waals surface area contributed by atoms with Gasteiger partial charge >= 0.3 is 12.1 Å². The van der Waals surface area contributed by atoms with Crippen molar-refractivity contribution in [3.8, 4) is 0 Å². The first-order valence-electron chi connectivity index (χ1n) is 9.86. The molecule has 0 aromatic heterocycles. The lowest BCUT2D eigenvalue weighted by Gasteiger charge is -2.24. The molecule has 2 N–H and O–H groups in total. The maximum Gasteiger partial charge on any atom is 0.408 e. The molecular weight excluding hydrogens is 368 g/mol. The van der Waals surface area contributed by atoms with Gasteiger partial charge in [-0.3, -0.25) is 4.79 Å². The second-order valence-corrected chi connectivity index (χ2v) is 7.41. The second-order valence-electron chi connectivity index (χ2n) is 6.78. The molecule has 0 aliphatic heterocycles. The predicted octanol–water partition coefficient (Wildman–Crippen LogP) is 2.14. The third-order valence-corrected chi connectivity index (χ3v) is 3.84. The Bertz CT molecular complexity index is 723. The predicted molar refractivity (Wildman–Crippen MR) is 106 cm³/mol. The average molecular weight is 400 g/mol. The maximum atomic E-state index is 12.9. The number of alkyl carbamates (subject to hydrolysis) is 1. The fourth-order valence-electron chi connectivity index (χ4n) is 2.18. The number of thioether (sulfide) groups is 1. The summed E-state index contributed by atoms with van der Waals surface area (Å²) in [7, 11) is 1.14. The van der Waals surface area contributed by atoms with Gasteiger partial charge in [-0.15, -0.1) is 0 Å². The van der Waals surface area contributed by atoms with Crippen molar-refractivity contribution in [3.05, 3.63) is 35.9 Å². The van der Waals surface area contributed by atoms with E-state index in [0.717, 1.165) is 12.7 Å². The van der Waals surface area contributed by atoms with Crippen LogP contribution in [0.2, 0.25) is 0 Å². The Kier molecular flexibility index (Phi) is 7.27. The van der Waals surface area contributed by atoms with Gasteiger partial charge in [0.15, 0.2) is 0 Å². The van der Waals surface area contributed by atoms with E-state index in [1.165, 1.54) is 0 Å². The number of methoxy groups -OCH3 is 1. The molecule has 0 bridgehead atoms. The third kappa shape index (κ3) is 8.81. The normalized spacial score (nSPS) is 15.3. The Morgan fingerprint density at radius 2 is 1.81 bits per heavy atom. The molecule has 2 atom stereocenters. The largest absolute Gasteiger partial charge is 0.467 e. The van der Waals surface area contributed by atoms with E-state index in [1.54, 1.807) is 45.0 Å². The summed E-state index contributed by atoms with van der Waals surface area (Å²) < 4.78 is 31.7. The molecule has 7 nitrogen and oxygen atoms in total. The molecule has 0 fully saturated rings. The van der Waals surface area contributed by atoms with Crippen LogP contribution in [-0.2, 0) is 25.5 Å². The lowest BCUT2D eigenvalue weighted by molar-refractivity contribution is -0.144. The molecule has 1 aromatic carbocycles. The quantitative estimate of drug-likeness (QED) is 0.651. The van der Waals surface area contributed by atoms with E-state index in [4.69, 9.17) is 8.85 Å². The number of benzene rings is 1. The summed E-state index contributed by atoms with van der Waals surface area (Å²) >= 11 is 0.537. The molecular formula is C19H28N2O5S. The Morgan fingerprint density at radius 3 is 2.37 bits per heavy atom. The summed E-state index contributed by atoms with van der Waals surface area (Å²) in [5.41, 5.74) is 0.0168. The number of ether oxygens (including phenoxy) is 2. The Hall–Kier alpha value is -2.22. The topological polar surface area (TPSA) is 93.7 Å². The van der Waals surface area contributed by atoms with Crippen molar-refractivity contribution in [2.75, 3.05) is 19.0 Å². The molecule has 2 amide bonds. The van der Waals surface area contributed by atoms with Crippen LogP contribution < -0.4 is 10.6 Å². The van der Waals surface area contributed by atoms with Gasteiger partial charge in [0.1, 0.15) is 17.7 Å². The monoisotopic (exact) mass is 399 g/mol. The van der Waals surface area contributed by atoms with E-state index in [9.17, 15) is 14.4 Å². The average Bonchev–Trinajstić information content (AvgIpc) is 2.62. The van der Waals surface area contributed by atoms with Gasteiger partial charge in [0.2, 0.25) is 5.91 Å². The molecule has 0 saturated carbocycles. The van der Waals surface area contributed by atoms with E-state index < -0.39 is 41.8 Å². The smallest absolute Gasteiger partial charge is 0.408 e. The van der Waals surface area contributed by atoms with Crippen molar-refractivity contribution in [1.29, 1.82) is 0 Å². The zero-order valence-corrected chi connectivity index (χ0v) is 16.7. The number of nitrogens with one attached hydrogen (secondary N) is 2. The Balaban J connectivity index is 2.97. The molecule has 1 aromatic rings. The second kappa shape index (κ2) is 10.8. The van der Waals surface area contributed by atoms with E-state index >= 15 is 0 Å². The van der Waals surface area contributed by atoms with Crippen LogP contribution >= 0.6 is 11.8 Å². The minimum Gasteiger partial charge on any atom is -0.467 e. The molecule has 0 spiro atoms. The highest BCUT2D eigenvalue weighted by molar-refractivity contribution is 7.98. The van der Waals surface area contributed by atoms with Crippen molar-refractivity contribution >= 4 is 29.7 Å². The van der Waals surface area contributed by atoms with Crippen LogP contribution in [-0.4, -0.2) is 54.7 Å². The molecule has 150 valence electrons. The number of hydrogen-bond acceptors (Lipinski definition) is 6. The standard InChI is InChI=1S/C19H28N2O5S/c1-19(2,3)26-18(24)21-14(11-13-9-7-6-8-10-13)16(22)20-15(12-27-5)17(23)25-4/h6-10,14-15H,11-12H2,1-5H3,(H,20,22)(H,21,24)/t14-,15-/m0/s1/i5D3. The number of carbonyl (C=O) groups is 3. The summed E-state index contributed by atoms with van der Waals surface area (Å²) in [5, 5.41) is 4.99. The van der Waals surface area contributed by atoms with Crippen LogP contribution in [0.4, 0.5) is 4.79 Å². The first-order valence-corrected chi connectivity index (χ1v) is 9.35. The van der Waals surface area contributed by atoms with Crippen LogP contribution in [0.15, 0.2) is 30.3 Å². The zero-order chi connectivity index (χ0) is 22.9. The SMILES string of the molecule is [2H]C([2H])([2H])SC[C@H](NC(=O)[C@H](Cc1ccccc1)NC(=O)OC(C)(C)C)C(=O)OC. The highest BCUT2D eigenvalue weighted by atomic mass is 32.2. The van der Waals surface area contributed by atoms with Crippen molar-refractivity contribution in [1.82, 2.24) is 10.6 Å². The fraction of sp³-hybridized carbons (Fsp3) is 0.526. The maximum absolute atomic E-state index is 12.9. The summed E-state index contributed by atoms with van der Waals surface area (Å²) in [6, 6.07) is 6.75. The summed E-state index contributed by atoms with van der Waals surface area (Å²) in [4.78, 5) is 37.1. The van der Waals surface area contributed by atoms with Gasteiger partial charge < -0.3 is 20.1 Å². The highest BCUT2D eigenvalue weighted by Gasteiger charge is 2.28. The Morgan fingerprint density at radius 1 is 1.15 bits per heavy atom. The van der Waals surface area contributed by atoms with Gasteiger partial charge in [-0.1, -0.05) is 30.3 Å². The molecule has 0 unspecified atom stereocenters. The van der Waals surface area contributed by atoms with Gasteiger partial charge in [-0.05, 0) is 32.5 Å². The third-order valence-electron chi connectivity index (χ3n) is 3.34. The minimum absolute atomic E-state index is 0.145. The molecule has 27 heavy (non-hydrogen) atoms. The van der Waals surface area contributed by atoms with E-state index in [1.807, 2.05) is 6.07 Å². The van der Waals surface area contributed by atoms with Gasteiger partial charge in [0.05, 0.1) is 7.11 Å². The highest BCUT2D eigenvalue weighted by Crippen LogP contribution is 2.09. The zero-order valence-electron chi connectivity index (χ0n) is 18.9. The molecule has 0 heterocycles. The molecule has 1 rings (SSSR count). The van der Waals surface area contributed by atoms with Crippen LogP contribution in [0.1, 0.15) is 30.4 Å². The summed E-state index contributed by atoms with van der Waals surface area (Å²) in [6.45, 7) is 5.08. The molecule has 0 radical (unpaired) electrons. The van der Waals surface area contributed by atoms with Crippen LogP contribution in [0.3, 0.4) is 0 Å². The Labute approximate surface area is 168 Å². The van der Waals surface area contributed by atoms with E-state index in [2.05, 4.69) is 15.4 Å².